The van der Waals surface area contributed by atoms with E-state index in [2.05, 4.69) is 41.1 Å². The third-order valence-electron chi connectivity index (χ3n) is 5.43. The summed E-state index contributed by atoms with van der Waals surface area (Å²) in [4.78, 5) is 0. The van der Waals surface area contributed by atoms with Crippen molar-refractivity contribution in [2.24, 2.45) is 0 Å². The molecule has 158 valence electrons. The third kappa shape index (κ3) is 4.81. The average molecular weight is 438 g/mol. The molecule has 0 aliphatic carbocycles. The molecule has 0 amide bonds. The molecule has 0 unspecified atom stereocenters. The SMILES string of the molecule is FC(F)(F)Oc1ccc(C[PH](c2ccccc2)(c2ccccc2)c2ccccc2)cc1. The van der Waals surface area contributed by atoms with Crippen molar-refractivity contribution in [2.75, 3.05) is 0 Å². The van der Waals surface area contributed by atoms with Crippen molar-refractivity contribution >= 4 is 23.2 Å². The van der Waals surface area contributed by atoms with Gasteiger partial charge in [0.1, 0.15) is 0 Å². The maximum atomic E-state index is 12.6. The molecule has 0 bridgehead atoms. The molecule has 0 aromatic heterocycles. The Morgan fingerprint density at radius 2 is 0.935 bits per heavy atom. The molecule has 0 atom stereocenters. The summed E-state index contributed by atoms with van der Waals surface area (Å²) in [7, 11) is -2.49. The molecule has 5 heteroatoms. The van der Waals surface area contributed by atoms with Crippen LogP contribution in [0.1, 0.15) is 5.56 Å². The van der Waals surface area contributed by atoms with Crippen molar-refractivity contribution in [2.45, 2.75) is 12.5 Å². The van der Waals surface area contributed by atoms with Gasteiger partial charge in [-0.05, 0) is 0 Å². The fraction of sp³-hybridized carbons (Fsp3) is 0.0769. The second-order valence-electron chi connectivity index (χ2n) is 7.37. The van der Waals surface area contributed by atoms with Crippen LogP contribution in [0.4, 0.5) is 13.2 Å². The fourth-order valence-corrected chi connectivity index (χ4v) is 8.83. The van der Waals surface area contributed by atoms with Crippen molar-refractivity contribution in [3.05, 3.63) is 121 Å². The molecular weight excluding hydrogens is 416 g/mol. The molecule has 0 heterocycles. The van der Waals surface area contributed by atoms with E-state index in [9.17, 15) is 13.2 Å². The second-order valence-corrected chi connectivity index (χ2v) is 11.3. The van der Waals surface area contributed by atoms with Gasteiger partial charge in [-0.25, -0.2) is 0 Å². The van der Waals surface area contributed by atoms with Crippen molar-refractivity contribution in [1.29, 1.82) is 0 Å². The van der Waals surface area contributed by atoms with Crippen LogP contribution in [0, 0.1) is 0 Å². The second kappa shape index (κ2) is 8.95. The molecule has 0 fully saturated rings. The number of benzene rings is 4. The van der Waals surface area contributed by atoms with E-state index >= 15 is 0 Å². The van der Waals surface area contributed by atoms with Crippen LogP contribution in [0.15, 0.2) is 115 Å². The first kappa shape index (κ1) is 21.1. The molecule has 4 rings (SSSR count). The van der Waals surface area contributed by atoms with Crippen LogP contribution >= 0.6 is 7.26 Å². The quantitative estimate of drug-likeness (QED) is 0.345. The predicted octanol–water partition coefficient (Wildman–Crippen LogP) is 5.81. The average Bonchev–Trinajstić information content (AvgIpc) is 2.79. The number of alkyl halides is 3. The molecule has 0 spiro atoms. The van der Waals surface area contributed by atoms with Gasteiger partial charge in [0.05, 0.1) is 0 Å². The van der Waals surface area contributed by atoms with Gasteiger partial charge in [0.15, 0.2) is 0 Å². The van der Waals surface area contributed by atoms with Crippen LogP contribution in [0.2, 0.25) is 0 Å². The van der Waals surface area contributed by atoms with Crippen molar-refractivity contribution in [3.63, 3.8) is 0 Å². The molecule has 0 aliphatic rings. The Labute approximate surface area is 180 Å². The van der Waals surface area contributed by atoms with Gasteiger partial charge in [-0.1, -0.05) is 0 Å². The normalized spacial score (nSPS) is 12.4. The zero-order valence-corrected chi connectivity index (χ0v) is 17.7. The first-order chi connectivity index (χ1) is 15.0. The van der Waals surface area contributed by atoms with Crippen LogP contribution in [0.5, 0.6) is 5.75 Å². The molecule has 1 nitrogen and oxygen atoms in total. The van der Waals surface area contributed by atoms with Gasteiger partial charge < -0.3 is 0 Å². The first-order valence-electron chi connectivity index (χ1n) is 9.99. The summed E-state index contributed by atoms with van der Waals surface area (Å²) in [5.41, 5.74) is 0.970. The number of ether oxygens (including phenoxy) is 1. The minimum atomic E-state index is -4.70. The molecule has 0 saturated carbocycles. The zero-order chi connectivity index (χ0) is 21.7. The van der Waals surface area contributed by atoms with Gasteiger partial charge in [-0.15, -0.1) is 0 Å². The Balaban J connectivity index is 1.85. The summed E-state index contributed by atoms with van der Waals surface area (Å²) in [6, 6.07) is 37.5. The number of halogens is 3. The van der Waals surface area contributed by atoms with Crippen LogP contribution < -0.4 is 20.7 Å². The summed E-state index contributed by atoms with van der Waals surface area (Å²) < 4.78 is 41.7. The fourth-order valence-electron chi connectivity index (χ4n) is 4.09. The van der Waals surface area contributed by atoms with Crippen molar-refractivity contribution in [3.8, 4) is 5.75 Å². The predicted molar refractivity (Wildman–Crippen MR) is 123 cm³/mol. The molecule has 4 aromatic carbocycles. The molecule has 0 radical (unpaired) electrons. The van der Waals surface area contributed by atoms with E-state index in [4.69, 9.17) is 0 Å². The Morgan fingerprint density at radius 1 is 0.548 bits per heavy atom. The van der Waals surface area contributed by atoms with Gasteiger partial charge >= 0.3 is 180 Å². The summed E-state index contributed by atoms with van der Waals surface area (Å²) in [5.74, 6) is -0.206. The molecule has 0 aliphatic heterocycles. The van der Waals surface area contributed by atoms with Gasteiger partial charge in [0.25, 0.3) is 0 Å². The van der Waals surface area contributed by atoms with E-state index in [0.29, 0.717) is 0 Å². The van der Waals surface area contributed by atoms with E-state index in [-0.39, 0.29) is 5.75 Å². The topological polar surface area (TPSA) is 9.23 Å². The Hall–Kier alpha value is -3.10. The summed E-state index contributed by atoms with van der Waals surface area (Å²) >= 11 is 0. The molecule has 31 heavy (non-hydrogen) atoms. The summed E-state index contributed by atoms with van der Waals surface area (Å²) in [6.45, 7) is 0. The van der Waals surface area contributed by atoms with Crippen LogP contribution in [0.25, 0.3) is 0 Å². The maximum absolute atomic E-state index is 12.6. The molecular formula is C26H22F3OP. The minimum absolute atomic E-state index is 0.206. The summed E-state index contributed by atoms with van der Waals surface area (Å²) in [5, 5.41) is 3.76. The van der Waals surface area contributed by atoms with Crippen LogP contribution in [-0.4, -0.2) is 6.36 Å². The molecule has 0 N–H and O–H groups in total. The van der Waals surface area contributed by atoms with Gasteiger partial charge in [-0.3, -0.25) is 0 Å². The Kier molecular flexibility index (Phi) is 6.11. The first-order valence-corrected chi connectivity index (χ1v) is 12.2. The van der Waals surface area contributed by atoms with Crippen molar-refractivity contribution < 1.29 is 17.9 Å². The molecule has 0 saturated heterocycles. The van der Waals surface area contributed by atoms with Gasteiger partial charge in [0.2, 0.25) is 0 Å². The van der Waals surface area contributed by atoms with Crippen molar-refractivity contribution in [1.82, 2.24) is 0 Å². The monoisotopic (exact) mass is 438 g/mol. The molecule has 4 aromatic rings. The van der Waals surface area contributed by atoms with E-state index in [1.807, 2.05) is 54.6 Å². The Morgan fingerprint density at radius 3 is 1.29 bits per heavy atom. The van der Waals surface area contributed by atoms with Crippen LogP contribution in [0.3, 0.4) is 0 Å². The Bertz CT molecular complexity index is 1000. The van der Waals surface area contributed by atoms with E-state index in [1.165, 1.54) is 28.0 Å². The number of hydrogen-bond donors (Lipinski definition) is 0. The summed E-state index contributed by atoms with van der Waals surface area (Å²) in [6.07, 6.45) is -3.98. The zero-order valence-electron chi connectivity index (χ0n) is 16.7. The number of hydrogen-bond acceptors (Lipinski definition) is 1. The number of rotatable bonds is 6. The third-order valence-corrected chi connectivity index (χ3v) is 10.3. The van der Waals surface area contributed by atoms with Gasteiger partial charge in [0, 0.05) is 0 Å². The van der Waals surface area contributed by atoms with E-state index in [1.54, 1.807) is 12.1 Å². The standard InChI is InChI=1S/C26H22F3OP/c27-26(28,29)30-22-18-16-21(17-19-22)20-31(23-10-4-1-5-11-23,24-12-6-2-7-13-24)25-14-8-3-9-15-25/h1-19,31H,20H2. The van der Waals surface area contributed by atoms with E-state index < -0.39 is 13.6 Å². The van der Waals surface area contributed by atoms with Crippen LogP contribution in [-0.2, 0) is 6.16 Å². The van der Waals surface area contributed by atoms with E-state index in [0.717, 1.165) is 11.7 Å². The van der Waals surface area contributed by atoms with Gasteiger partial charge in [-0.2, -0.15) is 0 Å².